The van der Waals surface area contributed by atoms with Gasteiger partial charge in [-0.25, -0.2) is 0 Å². The molecule has 160 valence electrons. The van der Waals surface area contributed by atoms with Crippen LogP contribution in [0.3, 0.4) is 0 Å². The zero-order valence-electron chi connectivity index (χ0n) is 17.8. The van der Waals surface area contributed by atoms with Crippen LogP contribution in [0.15, 0.2) is 93.7 Å². The fourth-order valence-electron chi connectivity index (χ4n) is 3.39. The lowest BCUT2D eigenvalue weighted by Gasteiger charge is -2.18. The molecule has 1 fully saturated rings. The van der Waals surface area contributed by atoms with Crippen molar-refractivity contribution < 1.29 is 0 Å². The van der Waals surface area contributed by atoms with Gasteiger partial charge in [-0.05, 0) is 42.2 Å². The van der Waals surface area contributed by atoms with Crippen molar-refractivity contribution >= 4 is 17.7 Å². The summed E-state index contributed by atoms with van der Waals surface area (Å²) in [6.45, 7) is 2.18. The molecule has 1 heterocycles. The van der Waals surface area contributed by atoms with Gasteiger partial charge in [0, 0.05) is 42.0 Å². The molecule has 5 nitrogen and oxygen atoms in total. The first-order chi connectivity index (χ1) is 15.2. The quantitative estimate of drug-likeness (QED) is 0.419. The summed E-state index contributed by atoms with van der Waals surface area (Å²) >= 11 is 1.96. The number of nitrogens with zero attached hydrogens (tertiary/aromatic N) is 2. The number of rotatable bonds is 8. The molecule has 4 rings (SSSR count). The van der Waals surface area contributed by atoms with Gasteiger partial charge >= 0.3 is 0 Å². The van der Waals surface area contributed by atoms with E-state index >= 15 is 0 Å². The summed E-state index contributed by atoms with van der Waals surface area (Å²) in [7, 11) is 1.81. The van der Waals surface area contributed by atoms with Crippen LogP contribution in [0.5, 0.6) is 0 Å². The Kier molecular flexibility index (Phi) is 6.77. The Morgan fingerprint density at radius 1 is 0.968 bits per heavy atom. The van der Waals surface area contributed by atoms with E-state index in [0.717, 1.165) is 18.1 Å². The highest BCUT2D eigenvalue weighted by atomic mass is 32.2. The van der Waals surface area contributed by atoms with Gasteiger partial charge in [0.05, 0.1) is 6.54 Å². The minimum Gasteiger partial charge on any atom is -0.355 e. The summed E-state index contributed by atoms with van der Waals surface area (Å²) in [4.78, 5) is 17.6. The van der Waals surface area contributed by atoms with Crippen LogP contribution in [0.4, 0.5) is 0 Å². The molecule has 2 N–H and O–H groups in total. The fraction of sp³-hybridized carbons (Fsp3) is 0.280. The minimum atomic E-state index is 0.0157. The normalized spacial score (nSPS) is 14.8. The van der Waals surface area contributed by atoms with Gasteiger partial charge in [-0.2, -0.15) is 0 Å². The monoisotopic (exact) mass is 432 g/mol. The largest absolute Gasteiger partial charge is 0.355 e. The summed E-state index contributed by atoms with van der Waals surface area (Å²) in [5, 5.41) is 6.90. The number of guanidine groups is 1. The Labute approximate surface area is 187 Å². The van der Waals surface area contributed by atoms with Crippen molar-refractivity contribution in [3.05, 3.63) is 100 Å². The summed E-state index contributed by atoms with van der Waals surface area (Å²) in [6, 6.07) is 24.2. The number of aliphatic imine (C=N–C) groups is 1. The Balaban J connectivity index is 1.26. The van der Waals surface area contributed by atoms with Crippen molar-refractivity contribution in [1.82, 2.24) is 15.2 Å². The molecule has 0 bridgehead atoms. The van der Waals surface area contributed by atoms with Crippen LogP contribution in [-0.4, -0.2) is 28.9 Å². The first kappa shape index (κ1) is 21.2. The highest BCUT2D eigenvalue weighted by Gasteiger charge is 2.43. The van der Waals surface area contributed by atoms with E-state index in [4.69, 9.17) is 0 Å². The molecule has 6 heteroatoms. The molecule has 0 amide bonds. The Hall–Kier alpha value is -2.99. The molecule has 0 unspecified atom stereocenters. The van der Waals surface area contributed by atoms with E-state index in [1.807, 2.05) is 24.0 Å². The Morgan fingerprint density at radius 2 is 1.68 bits per heavy atom. The summed E-state index contributed by atoms with van der Waals surface area (Å²) in [5.74, 6) is 0.819. The smallest absolute Gasteiger partial charge is 0.250 e. The first-order valence-electron chi connectivity index (χ1n) is 10.6. The van der Waals surface area contributed by atoms with Crippen molar-refractivity contribution in [2.75, 3.05) is 13.6 Å². The molecule has 0 aliphatic heterocycles. The zero-order chi connectivity index (χ0) is 21.5. The number of benzene rings is 2. The molecule has 0 radical (unpaired) electrons. The summed E-state index contributed by atoms with van der Waals surface area (Å²) in [5.41, 5.74) is 2.29. The molecular weight excluding hydrogens is 404 g/mol. The number of aromatic nitrogens is 1. The van der Waals surface area contributed by atoms with Crippen LogP contribution in [0, 0.1) is 0 Å². The highest BCUT2D eigenvalue weighted by Crippen LogP contribution is 2.51. The predicted molar refractivity (Wildman–Crippen MR) is 129 cm³/mol. The second-order valence-corrected chi connectivity index (χ2v) is 9.40. The van der Waals surface area contributed by atoms with Gasteiger partial charge in [0.2, 0.25) is 0 Å². The van der Waals surface area contributed by atoms with Gasteiger partial charge in [-0.1, -0.05) is 48.5 Å². The molecule has 0 atom stereocenters. The van der Waals surface area contributed by atoms with E-state index in [0.29, 0.717) is 13.1 Å². The number of pyridine rings is 1. The Bertz CT molecular complexity index is 1070. The average Bonchev–Trinajstić information content (AvgIpc) is 3.56. The average molecular weight is 433 g/mol. The van der Waals surface area contributed by atoms with Gasteiger partial charge < -0.3 is 15.2 Å². The number of thioether (sulfide) groups is 1. The maximum absolute atomic E-state index is 11.9. The topological polar surface area (TPSA) is 58.4 Å². The zero-order valence-corrected chi connectivity index (χ0v) is 18.6. The molecule has 1 aliphatic carbocycles. The second kappa shape index (κ2) is 9.88. The van der Waals surface area contributed by atoms with Gasteiger partial charge in [-0.3, -0.25) is 9.79 Å². The maximum atomic E-state index is 11.9. The van der Waals surface area contributed by atoms with Crippen LogP contribution < -0.4 is 16.2 Å². The van der Waals surface area contributed by atoms with Crippen molar-refractivity contribution in [2.24, 2.45) is 4.99 Å². The van der Waals surface area contributed by atoms with E-state index in [1.165, 1.54) is 23.3 Å². The van der Waals surface area contributed by atoms with Crippen molar-refractivity contribution in [3.8, 4) is 0 Å². The number of hydrogen-bond donors (Lipinski definition) is 2. The lowest BCUT2D eigenvalue weighted by atomic mass is 10.1. The summed E-state index contributed by atoms with van der Waals surface area (Å²) in [6.07, 6.45) is 4.27. The van der Waals surface area contributed by atoms with Gasteiger partial charge in [0.25, 0.3) is 5.56 Å². The Morgan fingerprint density at radius 3 is 2.35 bits per heavy atom. The molecule has 0 spiro atoms. The molecule has 1 aromatic heterocycles. The lowest BCUT2D eigenvalue weighted by Crippen LogP contribution is -2.40. The second-order valence-electron chi connectivity index (χ2n) is 7.86. The van der Waals surface area contributed by atoms with Gasteiger partial charge in [0.1, 0.15) is 0 Å². The fourth-order valence-corrected chi connectivity index (χ4v) is 4.64. The molecule has 1 aliphatic rings. The first-order valence-corrected chi connectivity index (χ1v) is 11.4. The van der Waals surface area contributed by atoms with Crippen LogP contribution in [0.1, 0.15) is 24.0 Å². The van der Waals surface area contributed by atoms with E-state index in [2.05, 4.69) is 70.2 Å². The minimum absolute atomic E-state index is 0.0157. The van der Waals surface area contributed by atoms with E-state index in [-0.39, 0.29) is 10.3 Å². The summed E-state index contributed by atoms with van der Waals surface area (Å²) < 4.78 is 1.98. The molecule has 0 saturated heterocycles. The van der Waals surface area contributed by atoms with Crippen LogP contribution in [0.2, 0.25) is 0 Å². The molecule has 2 aromatic carbocycles. The molecule has 1 saturated carbocycles. The van der Waals surface area contributed by atoms with E-state index in [9.17, 15) is 4.79 Å². The standard InChI is InChI=1S/C25H28N4OS/c1-26-24(28-19-25(14-15-25)31-22-7-3-2-4-8-22)27-17-20-10-12-21(13-11-20)18-29-16-6-5-9-23(29)30/h2-13,16H,14-15,17-19H2,1H3,(H2,26,27,28). The molecular formula is C25H28N4OS. The molecule has 3 aromatic rings. The number of nitrogens with one attached hydrogen (secondary N) is 2. The van der Waals surface area contributed by atoms with Crippen molar-refractivity contribution in [3.63, 3.8) is 0 Å². The van der Waals surface area contributed by atoms with Crippen molar-refractivity contribution in [1.29, 1.82) is 0 Å². The lowest BCUT2D eigenvalue weighted by molar-refractivity contribution is 0.756. The SMILES string of the molecule is CN=C(NCc1ccc(Cn2ccccc2=O)cc1)NCC1(Sc2ccccc2)CC1. The van der Waals surface area contributed by atoms with Gasteiger partial charge in [0.15, 0.2) is 5.96 Å². The third kappa shape index (κ3) is 6.01. The highest BCUT2D eigenvalue weighted by molar-refractivity contribution is 8.01. The third-order valence-electron chi connectivity index (χ3n) is 5.42. The van der Waals surface area contributed by atoms with E-state index in [1.54, 1.807) is 23.7 Å². The predicted octanol–water partition coefficient (Wildman–Crippen LogP) is 3.89. The third-order valence-corrected chi connectivity index (χ3v) is 6.92. The van der Waals surface area contributed by atoms with Crippen LogP contribution in [-0.2, 0) is 13.1 Å². The molecule has 31 heavy (non-hydrogen) atoms. The number of hydrogen-bond acceptors (Lipinski definition) is 3. The van der Waals surface area contributed by atoms with Crippen LogP contribution >= 0.6 is 11.8 Å². The van der Waals surface area contributed by atoms with Crippen LogP contribution in [0.25, 0.3) is 0 Å². The maximum Gasteiger partial charge on any atom is 0.250 e. The van der Waals surface area contributed by atoms with Gasteiger partial charge in [-0.15, -0.1) is 11.8 Å². The van der Waals surface area contributed by atoms with Crippen molar-refractivity contribution in [2.45, 2.75) is 35.6 Å². The van der Waals surface area contributed by atoms with E-state index < -0.39 is 0 Å².